The molecule has 0 radical (unpaired) electrons. The van der Waals surface area contributed by atoms with Crippen molar-refractivity contribution in [3.8, 4) is 0 Å². The lowest BCUT2D eigenvalue weighted by Crippen LogP contribution is -2.46. The smallest absolute Gasteiger partial charge is 0.217 e. The van der Waals surface area contributed by atoms with E-state index in [9.17, 15) is 0 Å². The van der Waals surface area contributed by atoms with Gasteiger partial charge in [-0.3, -0.25) is 14.9 Å². The molecule has 3 heterocycles. The van der Waals surface area contributed by atoms with E-state index in [-0.39, 0.29) is 5.41 Å². The van der Waals surface area contributed by atoms with E-state index in [0.717, 1.165) is 49.6 Å². The molecule has 132 valence electrons. The summed E-state index contributed by atoms with van der Waals surface area (Å²) < 4.78 is 3.48. The minimum absolute atomic E-state index is 0.0144. The van der Waals surface area contributed by atoms with E-state index in [2.05, 4.69) is 46.7 Å². The van der Waals surface area contributed by atoms with Crippen LogP contribution >= 0.6 is 35.2 Å². The molecule has 2 aromatic rings. The summed E-state index contributed by atoms with van der Waals surface area (Å²) in [4.78, 5) is 10.7. The first-order chi connectivity index (χ1) is 11.3. The zero-order chi connectivity index (χ0) is 17.3. The van der Waals surface area contributed by atoms with Crippen molar-refractivity contribution >= 4 is 35.2 Å². The summed E-state index contributed by atoms with van der Waals surface area (Å²) in [6, 6.07) is 4.10. The molecule has 2 aromatic heterocycles. The van der Waals surface area contributed by atoms with Crippen molar-refractivity contribution < 1.29 is 0 Å². The Labute approximate surface area is 157 Å². The molecule has 8 heteroatoms. The maximum absolute atomic E-state index is 6.01. The Morgan fingerprint density at radius 1 is 1.21 bits per heavy atom. The van der Waals surface area contributed by atoms with Crippen LogP contribution in [0.15, 0.2) is 12.1 Å². The van der Waals surface area contributed by atoms with Gasteiger partial charge in [0.15, 0.2) is 0 Å². The molecule has 0 saturated carbocycles. The van der Waals surface area contributed by atoms with E-state index in [4.69, 9.17) is 23.8 Å². The summed E-state index contributed by atoms with van der Waals surface area (Å²) in [6.45, 7) is 12.4. The van der Waals surface area contributed by atoms with Crippen molar-refractivity contribution in [1.29, 1.82) is 0 Å². The summed E-state index contributed by atoms with van der Waals surface area (Å²) in [5.74, 6) is 0.945. The van der Waals surface area contributed by atoms with Crippen molar-refractivity contribution in [2.24, 2.45) is 0 Å². The monoisotopic (exact) mass is 385 g/mol. The van der Waals surface area contributed by atoms with Crippen molar-refractivity contribution in [2.75, 3.05) is 26.2 Å². The lowest BCUT2D eigenvalue weighted by molar-refractivity contribution is 0.0985. The van der Waals surface area contributed by atoms with Gasteiger partial charge in [0, 0.05) is 43.0 Å². The number of halogens is 1. The molecule has 1 saturated heterocycles. The quantitative estimate of drug-likeness (QED) is 0.814. The minimum Gasteiger partial charge on any atom is -0.296 e. The summed E-state index contributed by atoms with van der Waals surface area (Å²) >= 11 is 13.1. The fourth-order valence-corrected chi connectivity index (χ4v) is 4.06. The van der Waals surface area contributed by atoms with Crippen LogP contribution in [0.3, 0.4) is 0 Å². The van der Waals surface area contributed by atoms with Crippen LogP contribution in [-0.2, 0) is 18.6 Å². The topological polar surface area (TPSA) is 40.1 Å². The third-order valence-corrected chi connectivity index (χ3v) is 5.73. The molecule has 0 spiro atoms. The minimum atomic E-state index is -0.0144. The standard InChI is InChI=1S/C16H24ClN5S2/c1-16(2,3)14-18-15(23)22(19-14)11-21-8-6-20(7-9-21)10-12-4-5-13(17)24-12/h4-5H,6-11H2,1-3H3,(H,18,19,23). The highest BCUT2D eigenvalue weighted by Crippen LogP contribution is 2.23. The lowest BCUT2D eigenvalue weighted by atomic mass is 9.96. The van der Waals surface area contributed by atoms with Crippen molar-refractivity contribution in [2.45, 2.75) is 39.4 Å². The van der Waals surface area contributed by atoms with Gasteiger partial charge in [-0.15, -0.1) is 11.3 Å². The molecule has 1 aliphatic heterocycles. The van der Waals surface area contributed by atoms with Gasteiger partial charge in [-0.05, 0) is 24.4 Å². The second-order valence-electron chi connectivity index (χ2n) is 7.27. The van der Waals surface area contributed by atoms with Crippen molar-refractivity contribution in [1.82, 2.24) is 24.6 Å². The molecule has 1 aliphatic rings. The van der Waals surface area contributed by atoms with Crippen LogP contribution < -0.4 is 0 Å². The molecule has 1 fully saturated rings. The van der Waals surface area contributed by atoms with E-state index in [1.807, 2.05) is 10.7 Å². The molecule has 0 atom stereocenters. The first-order valence-electron chi connectivity index (χ1n) is 8.17. The average Bonchev–Trinajstić information content (AvgIpc) is 3.07. The van der Waals surface area contributed by atoms with Crippen LogP contribution in [-0.4, -0.2) is 50.7 Å². The molecule has 0 amide bonds. The Balaban J connectivity index is 1.54. The highest BCUT2D eigenvalue weighted by Gasteiger charge is 2.21. The van der Waals surface area contributed by atoms with Crippen LogP contribution in [0.5, 0.6) is 0 Å². The van der Waals surface area contributed by atoms with Gasteiger partial charge in [0.05, 0.1) is 11.0 Å². The highest BCUT2D eigenvalue weighted by molar-refractivity contribution is 7.71. The van der Waals surface area contributed by atoms with Crippen LogP contribution in [0.1, 0.15) is 31.5 Å². The van der Waals surface area contributed by atoms with E-state index in [1.165, 1.54) is 4.88 Å². The summed E-state index contributed by atoms with van der Waals surface area (Å²) in [5, 5.41) is 3.36. The van der Waals surface area contributed by atoms with E-state index in [0.29, 0.717) is 4.77 Å². The number of hydrogen-bond acceptors (Lipinski definition) is 5. The second-order valence-corrected chi connectivity index (χ2v) is 9.44. The van der Waals surface area contributed by atoms with Gasteiger partial charge in [-0.2, -0.15) is 0 Å². The number of thiophene rings is 1. The normalized spacial score (nSPS) is 17.5. The number of aromatic nitrogens is 3. The molecule has 0 bridgehead atoms. The van der Waals surface area contributed by atoms with Crippen LogP contribution in [0.25, 0.3) is 0 Å². The first kappa shape index (κ1) is 18.1. The first-order valence-corrected chi connectivity index (χ1v) is 9.78. The maximum Gasteiger partial charge on any atom is 0.217 e. The third kappa shape index (κ3) is 4.46. The van der Waals surface area contributed by atoms with Gasteiger partial charge in [0.1, 0.15) is 5.82 Å². The second kappa shape index (κ2) is 7.25. The molecule has 1 N–H and O–H groups in total. The van der Waals surface area contributed by atoms with Crippen molar-refractivity contribution in [3.63, 3.8) is 0 Å². The predicted molar refractivity (Wildman–Crippen MR) is 102 cm³/mol. The van der Waals surface area contributed by atoms with Gasteiger partial charge in [0.2, 0.25) is 4.77 Å². The van der Waals surface area contributed by atoms with Crippen LogP contribution in [0.2, 0.25) is 4.34 Å². The number of nitrogens with one attached hydrogen (secondary N) is 1. The Morgan fingerprint density at radius 2 is 1.88 bits per heavy atom. The number of H-pyrrole nitrogens is 1. The fourth-order valence-electron chi connectivity index (χ4n) is 2.73. The largest absolute Gasteiger partial charge is 0.296 e. The SMILES string of the molecule is CC(C)(C)c1nc(=S)n(CN2CCN(Cc3ccc(Cl)s3)CC2)[nH]1. The van der Waals surface area contributed by atoms with Crippen LogP contribution in [0.4, 0.5) is 0 Å². The summed E-state index contributed by atoms with van der Waals surface area (Å²) in [7, 11) is 0. The Hall–Kier alpha value is -0.730. The van der Waals surface area contributed by atoms with Crippen LogP contribution in [0, 0.1) is 4.77 Å². The molecular weight excluding hydrogens is 362 g/mol. The summed E-state index contributed by atoms with van der Waals surface area (Å²) in [6.07, 6.45) is 0. The zero-order valence-electron chi connectivity index (χ0n) is 14.4. The molecule has 0 aromatic carbocycles. The van der Waals surface area contributed by atoms with Gasteiger partial charge in [-0.1, -0.05) is 32.4 Å². The van der Waals surface area contributed by atoms with E-state index >= 15 is 0 Å². The highest BCUT2D eigenvalue weighted by atomic mass is 35.5. The molecular formula is C16H24ClN5S2. The van der Waals surface area contributed by atoms with Gasteiger partial charge < -0.3 is 0 Å². The number of rotatable bonds is 4. The lowest BCUT2D eigenvalue weighted by Gasteiger charge is -2.34. The third-order valence-electron chi connectivity index (χ3n) is 4.20. The number of piperazine rings is 1. The fraction of sp³-hybridized carbons (Fsp3) is 0.625. The summed E-state index contributed by atoms with van der Waals surface area (Å²) in [5.41, 5.74) is -0.0144. The van der Waals surface area contributed by atoms with E-state index in [1.54, 1.807) is 11.3 Å². The number of hydrogen-bond donors (Lipinski definition) is 1. The van der Waals surface area contributed by atoms with Gasteiger partial charge in [0.25, 0.3) is 0 Å². The van der Waals surface area contributed by atoms with Gasteiger partial charge in [-0.25, -0.2) is 9.67 Å². The molecule has 0 aliphatic carbocycles. The maximum atomic E-state index is 6.01. The average molecular weight is 386 g/mol. The zero-order valence-corrected chi connectivity index (χ0v) is 16.8. The Morgan fingerprint density at radius 3 is 2.42 bits per heavy atom. The molecule has 0 unspecified atom stereocenters. The number of nitrogens with zero attached hydrogens (tertiary/aromatic N) is 4. The molecule has 24 heavy (non-hydrogen) atoms. The predicted octanol–water partition coefficient (Wildman–Crippen LogP) is 3.73. The number of aromatic amines is 1. The Bertz CT molecular complexity index is 734. The van der Waals surface area contributed by atoms with E-state index < -0.39 is 0 Å². The molecule has 3 rings (SSSR count). The molecule has 5 nitrogen and oxygen atoms in total. The Kier molecular flexibility index (Phi) is 5.46. The van der Waals surface area contributed by atoms with Gasteiger partial charge >= 0.3 is 0 Å². The van der Waals surface area contributed by atoms with Crippen molar-refractivity contribution in [3.05, 3.63) is 31.9 Å².